The van der Waals surface area contributed by atoms with E-state index in [9.17, 15) is 0 Å². The summed E-state index contributed by atoms with van der Waals surface area (Å²) in [6, 6.07) is 0. The SMILES string of the molecule is CCCC1CCN(c2ncnc(NCC)c2OC)CC1. The molecule has 2 rings (SSSR count). The van der Waals surface area contributed by atoms with Gasteiger partial charge in [0, 0.05) is 19.6 Å². The van der Waals surface area contributed by atoms with Crippen molar-refractivity contribution in [3.63, 3.8) is 0 Å². The topological polar surface area (TPSA) is 50.3 Å². The molecule has 0 spiro atoms. The van der Waals surface area contributed by atoms with Crippen LogP contribution in [0.5, 0.6) is 5.75 Å². The highest BCUT2D eigenvalue weighted by Gasteiger charge is 2.23. The van der Waals surface area contributed by atoms with Gasteiger partial charge < -0.3 is 15.0 Å². The molecule has 0 atom stereocenters. The molecule has 1 aromatic heterocycles. The summed E-state index contributed by atoms with van der Waals surface area (Å²) in [5.41, 5.74) is 0. The molecule has 20 heavy (non-hydrogen) atoms. The van der Waals surface area contributed by atoms with Crippen molar-refractivity contribution in [2.75, 3.05) is 37.0 Å². The highest BCUT2D eigenvalue weighted by molar-refractivity contribution is 5.64. The van der Waals surface area contributed by atoms with Gasteiger partial charge in [-0.1, -0.05) is 19.8 Å². The number of nitrogens with one attached hydrogen (secondary N) is 1. The van der Waals surface area contributed by atoms with Crippen LogP contribution in [-0.4, -0.2) is 36.7 Å². The van der Waals surface area contributed by atoms with Crippen molar-refractivity contribution in [1.29, 1.82) is 0 Å². The third kappa shape index (κ3) is 3.32. The Balaban J connectivity index is 2.11. The zero-order chi connectivity index (χ0) is 14.4. The fourth-order valence-electron chi connectivity index (χ4n) is 2.91. The summed E-state index contributed by atoms with van der Waals surface area (Å²) in [4.78, 5) is 11.0. The first kappa shape index (κ1) is 14.9. The van der Waals surface area contributed by atoms with Crippen LogP contribution >= 0.6 is 0 Å². The molecular formula is C15H26N4O. The third-order valence-corrected chi connectivity index (χ3v) is 3.94. The van der Waals surface area contributed by atoms with E-state index in [1.165, 1.54) is 25.7 Å². The molecule has 5 nitrogen and oxygen atoms in total. The predicted octanol–water partition coefficient (Wildman–Crippen LogP) is 2.93. The lowest BCUT2D eigenvalue weighted by Crippen LogP contribution is -2.34. The number of aromatic nitrogens is 2. The van der Waals surface area contributed by atoms with Crippen LogP contribution < -0.4 is 15.0 Å². The molecule has 1 aliphatic rings. The van der Waals surface area contributed by atoms with Crippen LogP contribution in [0.3, 0.4) is 0 Å². The number of methoxy groups -OCH3 is 1. The van der Waals surface area contributed by atoms with Gasteiger partial charge in [-0.05, 0) is 25.7 Å². The lowest BCUT2D eigenvalue weighted by molar-refractivity contribution is 0.370. The summed E-state index contributed by atoms with van der Waals surface area (Å²) in [7, 11) is 1.69. The molecule has 1 N–H and O–H groups in total. The second-order valence-corrected chi connectivity index (χ2v) is 5.33. The summed E-state index contributed by atoms with van der Waals surface area (Å²) in [6.45, 7) is 7.26. The Morgan fingerprint density at radius 3 is 2.65 bits per heavy atom. The average molecular weight is 278 g/mol. The minimum Gasteiger partial charge on any atom is -0.490 e. The summed E-state index contributed by atoms with van der Waals surface area (Å²) in [5.74, 6) is 3.35. The Kier molecular flexibility index (Phi) is 5.44. The standard InChI is InChI=1S/C15H26N4O/c1-4-6-12-7-9-19(10-8-12)15-13(20-3)14(16-5-2)17-11-18-15/h11-12H,4-10H2,1-3H3,(H,16,17,18). The van der Waals surface area contributed by atoms with Crippen LogP contribution in [0.15, 0.2) is 6.33 Å². The molecule has 0 radical (unpaired) electrons. The predicted molar refractivity (Wildman–Crippen MR) is 82.6 cm³/mol. The van der Waals surface area contributed by atoms with Gasteiger partial charge in [0.25, 0.3) is 0 Å². The minimum absolute atomic E-state index is 0.767. The summed E-state index contributed by atoms with van der Waals surface area (Å²) in [5, 5.41) is 3.23. The maximum atomic E-state index is 5.53. The van der Waals surface area contributed by atoms with Crippen molar-refractivity contribution in [3.8, 4) is 5.75 Å². The second kappa shape index (κ2) is 7.31. The molecule has 0 bridgehead atoms. The molecule has 5 heteroatoms. The smallest absolute Gasteiger partial charge is 0.204 e. The number of ether oxygens (including phenoxy) is 1. The number of hydrogen-bond acceptors (Lipinski definition) is 5. The molecule has 0 aliphatic carbocycles. The van der Waals surface area contributed by atoms with E-state index in [1.807, 2.05) is 0 Å². The van der Waals surface area contributed by atoms with E-state index in [0.717, 1.165) is 42.9 Å². The van der Waals surface area contributed by atoms with Gasteiger partial charge in [-0.15, -0.1) is 0 Å². The summed E-state index contributed by atoms with van der Waals surface area (Å²) in [6.07, 6.45) is 6.74. The zero-order valence-corrected chi connectivity index (χ0v) is 12.9. The fourth-order valence-corrected chi connectivity index (χ4v) is 2.91. The lowest BCUT2D eigenvalue weighted by Gasteiger charge is -2.33. The Hall–Kier alpha value is -1.52. The van der Waals surface area contributed by atoms with Gasteiger partial charge in [0.2, 0.25) is 5.75 Å². The highest BCUT2D eigenvalue weighted by Crippen LogP contribution is 2.34. The molecule has 0 amide bonds. The Morgan fingerprint density at radius 1 is 1.30 bits per heavy atom. The van der Waals surface area contributed by atoms with Crippen LogP contribution in [0.2, 0.25) is 0 Å². The van der Waals surface area contributed by atoms with Crippen LogP contribution in [0.1, 0.15) is 39.5 Å². The Morgan fingerprint density at radius 2 is 2.05 bits per heavy atom. The van der Waals surface area contributed by atoms with E-state index in [-0.39, 0.29) is 0 Å². The third-order valence-electron chi connectivity index (χ3n) is 3.94. The molecular weight excluding hydrogens is 252 g/mol. The van der Waals surface area contributed by atoms with Gasteiger partial charge in [-0.2, -0.15) is 0 Å². The molecule has 1 aliphatic heterocycles. The number of hydrogen-bond donors (Lipinski definition) is 1. The van der Waals surface area contributed by atoms with Gasteiger partial charge in [0.1, 0.15) is 6.33 Å². The van der Waals surface area contributed by atoms with Crippen molar-refractivity contribution in [3.05, 3.63) is 6.33 Å². The van der Waals surface area contributed by atoms with E-state index < -0.39 is 0 Å². The molecule has 0 unspecified atom stereocenters. The maximum Gasteiger partial charge on any atom is 0.204 e. The maximum absolute atomic E-state index is 5.53. The number of nitrogens with zero attached hydrogens (tertiary/aromatic N) is 3. The first-order valence-corrected chi connectivity index (χ1v) is 7.67. The number of rotatable bonds is 6. The summed E-state index contributed by atoms with van der Waals surface area (Å²) < 4.78 is 5.53. The van der Waals surface area contributed by atoms with Crippen molar-refractivity contribution in [2.24, 2.45) is 5.92 Å². The van der Waals surface area contributed by atoms with Crippen molar-refractivity contribution in [1.82, 2.24) is 9.97 Å². The monoisotopic (exact) mass is 278 g/mol. The van der Waals surface area contributed by atoms with Crippen LogP contribution in [0.25, 0.3) is 0 Å². The van der Waals surface area contributed by atoms with Gasteiger partial charge >= 0.3 is 0 Å². The van der Waals surface area contributed by atoms with E-state index >= 15 is 0 Å². The van der Waals surface area contributed by atoms with Gasteiger partial charge in [-0.25, -0.2) is 9.97 Å². The lowest BCUT2D eigenvalue weighted by atomic mass is 9.92. The van der Waals surface area contributed by atoms with E-state index in [4.69, 9.17) is 4.74 Å². The normalized spacial score (nSPS) is 16.2. The Bertz CT molecular complexity index is 416. The number of anilines is 2. The molecule has 1 saturated heterocycles. The largest absolute Gasteiger partial charge is 0.490 e. The van der Waals surface area contributed by atoms with Gasteiger partial charge in [0.15, 0.2) is 11.6 Å². The van der Waals surface area contributed by atoms with Crippen LogP contribution in [0, 0.1) is 5.92 Å². The molecule has 0 saturated carbocycles. The van der Waals surface area contributed by atoms with Crippen LogP contribution in [0.4, 0.5) is 11.6 Å². The van der Waals surface area contributed by atoms with Gasteiger partial charge in [-0.3, -0.25) is 0 Å². The molecule has 1 aromatic rings. The number of piperidine rings is 1. The minimum atomic E-state index is 0.767. The zero-order valence-electron chi connectivity index (χ0n) is 12.9. The first-order valence-electron chi connectivity index (χ1n) is 7.67. The Labute approximate surface area is 121 Å². The van der Waals surface area contributed by atoms with Crippen molar-refractivity contribution < 1.29 is 4.74 Å². The van der Waals surface area contributed by atoms with E-state index in [1.54, 1.807) is 13.4 Å². The molecule has 1 fully saturated rings. The highest BCUT2D eigenvalue weighted by atomic mass is 16.5. The second-order valence-electron chi connectivity index (χ2n) is 5.33. The van der Waals surface area contributed by atoms with Crippen LogP contribution in [-0.2, 0) is 0 Å². The summed E-state index contributed by atoms with van der Waals surface area (Å²) >= 11 is 0. The average Bonchev–Trinajstić information content (AvgIpc) is 2.48. The molecule has 112 valence electrons. The van der Waals surface area contributed by atoms with E-state index in [0.29, 0.717) is 0 Å². The molecule has 0 aromatic carbocycles. The quantitative estimate of drug-likeness (QED) is 0.867. The van der Waals surface area contributed by atoms with E-state index in [2.05, 4.69) is 34.0 Å². The first-order chi connectivity index (χ1) is 9.80. The molecule has 2 heterocycles. The van der Waals surface area contributed by atoms with Crippen molar-refractivity contribution >= 4 is 11.6 Å². The fraction of sp³-hybridized carbons (Fsp3) is 0.733. The van der Waals surface area contributed by atoms with Gasteiger partial charge in [0.05, 0.1) is 7.11 Å². The van der Waals surface area contributed by atoms with Crippen molar-refractivity contribution in [2.45, 2.75) is 39.5 Å².